The molecule has 1 aliphatic heterocycles. The van der Waals surface area contributed by atoms with Crippen molar-refractivity contribution in [3.63, 3.8) is 0 Å². The number of allylic oxidation sites excluding steroid dienone is 14. The summed E-state index contributed by atoms with van der Waals surface area (Å²) in [4.78, 5) is 12.7. The fourth-order valence-corrected chi connectivity index (χ4v) is 6.51. The predicted molar refractivity (Wildman–Crippen MR) is 234 cm³/mol. The van der Waals surface area contributed by atoms with Crippen LogP contribution in [0.15, 0.2) is 85.1 Å². The first-order valence-corrected chi connectivity index (χ1v) is 23.2. The Morgan fingerprint density at radius 2 is 1.17 bits per heavy atom. The van der Waals surface area contributed by atoms with Crippen molar-refractivity contribution in [1.29, 1.82) is 0 Å². The molecule has 1 heterocycles. The van der Waals surface area contributed by atoms with Gasteiger partial charge in [0.2, 0.25) is 0 Å². The summed E-state index contributed by atoms with van der Waals surface area (Å²) >= 11 is 0. The maximum absolute atomic E-state index is 12.7. The molecule has 13 heteroatoms. The first kappa shape index (κ1) is 54.3. The summed E-state index contributed by atoms with van der Waals surface area (Å²) in [6, 6.07) is 0. The van der Waals surface area contributed by atoms with Crippen LogP contribution in [0.2, 0.25) is 0 Å². The van der Waals surface area contributed by atoms with Gasteiger partial charge in [0.15, 0.2) is 6.29 Å². The molecule has 6 unspecified atom stereocenters. The normalized spacial score (nSPS) is 21.2. The summed E-state index contributed by atoms with van der Waals surface area (Å²) in [5.41, 5.74) is 0. The molecule has 0 aromatic rings. The highest BCUT2D eigenvalue weighted by molar-refractivity contribution is 7.80. The summed E-state index contributed by atoms with van der Waals surface area (Å²) in [6.45, 7) is 3.69. The van der Waals surface area contributed by atoms with Gasteiger partial charge < -0.3 is 34.3 Å². The SMILES string of the molecule is CC/C=C\C/C=C\C/C=C\C/C=C\C/C=C\C/C=C\C/C=C\CCCCOCC(COC1OC(CO)C(O)C(OS(=O)(=O)O)C1O)OC(=O)CCCCCCCCCC. The minimum Gasteiger partial charge on any atom is -0.457 e. The van der Waals surface area contributed by atoms with E-state index in [-0.39, 0.29) is 19.6 Å². The maximum Gasteiger partial charge on any atom is 0.397 e. The Morgan fingerprint density at radius 3 is 1.68 bits per heavy atom. The van der Waals surface area contributed by atoms with E-state index in [1.54, 1.807) is 0 Å². The molecule has 0 aromatic carbocycles. The maximum atomic E-state index is 12.7. The van der Waals surface area contributed by atoms with Crippen LogP contribution in [-0.4, -0.2) is 97.5 Å². The van der Waals surface area contributed by atoms with Crippen LogP contribution in [-0.2, 0) is 38.3 Å². The number of aliphatic hydroxyl groups is 3. The highest BCUT2D eigenvalue weighted by atomic mass is 32.3. The first-order valence-electron chi connectivity index (χ1n) is 21.8. The summed E-state index contributed by atoms with van der Waals surface area (Å²) < 4.78 is 58.8. The van der Waals surface area contributed by atoms with Crippen LogP contribution in [0.4, 0.5) is 0 Å². The predicted octanol–water partition coefficient (Wildman–Crippen LogP) is 8.90. The van der Waals surface area contributed by atoms with Gasteiger partial charge in [0, 0.05) is 13.0 Å². The van der Waals surface area contributed by atoms with Gasteiger partial charge in [-0.3, -0.25) is 9.35 Å². The van der Waals surface area contributed by atoms with Gasteiger partial charge in [-0.2, -0.15) is 8.42 Å². The topological polar surface area (TPSA) is 178 Å². The van der Waals surface area contributed by atoms with Gasteiger partial charge in [-0.1, -0.05) is 144 Å². The number of hydrogen-bond acceptors (Lipinski definition) is 11. The van der Waals surface area contributed by atoms with Gasteiger partial charge in [-0.25, -0.2) is 4.18 Å². The fourth-order valence-electron chi connectivity index (χ4n) is 6.00. The molecular formula is C46H76O12S. The minimum atomic E-state index is -5.07. The second kappa shape index (κ2) is 37.1. The smallest absolute Gasteiger partial charge is 0.397 e. The molecule has 4 N–H and O–H groups in total. The third-order valence-corrected chi connectivity index (χ3v) is 9.75. The van der Waals surface area contributed by atoms with Crippen molar-refractivity contribution in [2.75, 3.05) is 26.4 Å². The number of unbranched alkanes of at least 4 members (excludes halogenated alkanes) is 9. The van der Waals surface area contributed by atoms with Crippen molar-refractivity contribution in [1.82, 2.24) is 0 Å². The lowest BCUT2D eigenvalue weighted by Crippen LogP contribution is -2.60. The molecule has 1 fully saturated rings. The van der Waals surface area contributed by atoms with E-state index in [0.717, 1.165) is 83.5 Å². The lowest BCUT2D eigenvalue weighted by Gasteiger charge is -2.41. The number of esters is 1. The quantitative estimate of drug-likeness (QED) is 0.0204. The molecule has 0 saturated carbocycles. The Morgan fingerprint density at radius 1 is 0.661 bits per heavy atom. The standard InChI is InChI=1S/C46H76O12S/c1-3-5-7-9-11-13-14-15-16-17-18-19-20-21-22-23-24-25-26-27-28-30-32-34-36-54-38-40(56-42(48)35-33-31-29-12-10-8-6-4-2)39-55-46-44(50)45(58-59(51,52)53)43(49)41(37-47)57-46/h5,7,11,13,15-16,18-19,21-22,24-25,27-28,40-41,43-47,49-50H,3-4,6,8-10,12,14,17,20,23,26,29-39H2,1-2H3,(H,51,52,53)/b7-5-,13-11-,16-15-,19-18-,22-21-,25-24-,28-27-. The number of rotatable bonds is 36. The Labute approximate surface area is 355 Å². The third kappa shape index (κ3) is 30.9. The monoisotopic (exact) mass is 853 g/mol. The van der Waals surface area contributed by atoms with Gasteiger partial charge in [0.1, 0.15) is 30.5 Å². The van der Waals surface area contributed by atoms with E-state index < -0.39 is 59.8 Å². The van der Waals surface area contributed by atoms with Crippen molar-refractivity contribution < 1.29 is 56.2 Å². The molecule has 0 aromatic heterocycles. The largest absolute Gasteiger partial charge is 0.457 e. The number of carbonyl (C=O) groups excluding carboxylic acids is 1. The lowest BCUT2D eigenvalue weighted by molar-refractivity contribution is -0.301. The number of aliphatic hydroxyl groups excluding tert-OH is 3. The molecule has 0 amide bonds. The van der Waals surface area contributed by atoms with Crippen molar-refractivity contribution >= 4 is 16.4 Å². The summed E-state index contributed by atoms with van der Waals surface area (Å²) in [7, 11) is -5.07. The lowest BCUT2D eigenvalue weighted by atomic mass is 9.99. The zero-order valence-corrected chi connectivity index (χ0v) is 36.6. The Bertz CT molecular complexity index is 1350. The number of ether oxygens (including phenoxy) is 4. The van der Waals surface area contributed by atoms with Gasteiger partial charge in [-0.15, -0.1) is 0 Å². The molecule has 59 heavy (non-hydrogen) atoms. The van der Waals surface area contributed by atoms with Crippen molar-refractivity contribution in [2.24, 2.45) is 0 Å². The van der Waals surface area contributed by atoms with Crippen LogP contribution in [0.5, 0.6) is 0 Å². The molecule has 0 bridgehead atoms. The number of carbonyl (C=O) groups is 1. The molecule has 6 atom stereocenters. The van der Waals surface area contributed by atoms with Gasteiger partial charge in [0.25, 0.3) is 0 Å². The van der Waals surface area contributed by atoms with E-state index in [9.17, 15) is 28.5 Å². The molecule has 0 aliphatic carbocycles. The summed E-state index contributed by atoms with van der Waals surface area (Å²) in [6.07, 6.45) is 39.3. The van der Waals surface area contributed by atoms with Crippen LogP contribution < -0.4 is 0 Å². The van der Waals surface area contributed by atoms with Crippen LogP contribution in [0, 0.1) is 0 Å². The van der Waals surface area contributed by atoms with E-state index in [0.29, 0.717) is 13.0 Å². The Kier molecular flexibility index (Phi) is 34.1. The van der Waals surface area contributed by atoms with E-state index in [2.05, 4.69) is 103 Å². The van der Waals surface area contributed by atoms with E-state index >= 15 is 0 Å². The molecule has 0 radical (unpaired) electrons. The van der Waals surface area contributed by atoms with Gasteiger partial charge >= 0.3 is 16.4 Å². The average Bonchev–Trinajstić information content (AvgIpc) is 3.21. The highest BCUT2D eigenvalue weighted by Crippen LogP contribution is 2.26. The van der Waals surface area contributed by atoms with E-state index in [1.807, 2.05) is 0 Å². The number of hydrogen-bond donors (Lipinski definition) is 4. The van der Waals surface area contributed by atoms with E-state index in [4.69, 9.17) is 23.5 Å². The molecule has 338 valence electrons. The van der Waals surface area contributed by atoms with Crippen molar-refractivity contribution in [3.05, 3.63) is 85.1 Å². The molecule has 1 rings (SSSR count). The molecule has 1 saturated heterocycles. The van der Waals surface area contributed by atoms with Crippen LogP contribution in [0.3, 0.4) is 0 Å². The average molecular weight is 853 g/mol. The van der Waals surface area contributed by atoms with Crippen LogP contribution in [0.25, 0.3) is 0 Å². The third-order valence-electron chi connectivity index (χ3n) is 9.28. The molecule has 0 spiro atoms. The van der Waals surface area contributed by atoms with Crippen molar-refractivity contribution in [3.8, 4) is 0 Å². The molecule has 1 aliphatic rings. The minimum absolute atomic E-state index is 0.00150. The Balaban J connectivity index is 2.41. The molecule has 12 nitrogen and oxygen atoms in total. The van der Waals surface area contributed by atoms with Crippen molar-refractivity contribution in [2.45, 2.75) is 173 Å². The second-order valence-corrected chi connectivity index (χ2v) is 15.6. The Hall–Kier alpha value is -2.72. The molecular weight excluding hydrogens is 777 g/mol. The highest BCUT2D eigenvalue weighted by Gasteiger charge is 2.48. The first-order chi connectivity index (χ1) is 28.6. The zero-order valence-electron chi connectivity index (χ0n) is 35.8. The van der Waals surface area contributed by atoms with Gasteiger partial charge in [0.05, 0.1) is 19.8 Å². The summed E-state index contributed by atoms with van der Waals surface area (Å²) in [5, 5.41) is 30.6. The zero-order chi connectivity index (χ0) is 43.2. The van der Waals surface area contributed by atoms with Gasteiger partial charge in [-0.05, 0) is 70.6 Å². The van der Waals surface area contributed by atoms with Crippen LogP contribution in [0.1, 0.15) is 136 Å². The fraction of sp³-hybridized carbons (Fsp3) is 0.674. The van der Waals surface area contributed by atoms with E-state index in [1.165, 1.54) is 25.7 Å². The second-order valence-electron chi connectivity index (χ2n) is 14.6. The van der Waals surface area contributed by atoms with Crippen LogP contribution >= 0.6 is 0 Å². The summed E-state index contributed by atoms with van der Waals surface area (Å²) in [5.74, 6) is -0.424.